The lowest BCUT2D eigenvalue weighted by Crippen LogP contribution is -2.29. The number of amidine groups is 1. The van der Waals surface area contributed by atoms with Crippen LogP contribution in [0, 0.1) is 5.41 Å². The fourth-order valence-corrected chi connectivity index (χ4v) is 4.72. The standard InChI is InChI=1S/C22H21Cl2N5O/c23-13-8-14(24)10-16(9-13)29-12-19(30)20(21(29)25)22-26-17-5-4-15(11-18(17)27-22)28-6-2-1-3-7-28/h4-5,8-11,25,30H,1-3,6-7,12H2,(H,26,27). The Morgan fingerprint density at radius 2 is 1.70 bits per heavy atom. The molecule has 3 N–H and O–H groups in total. The van der Waals surface area contributed by atoms with Crippen LogP contribution >= 0.6 is 23.2 Å². The van der Waals surface area contributed by atoms with Gasteiger partial charge < -0.3 is 19.9 Å². The van der Waals surface area contributed by atoms with Crippen LogP contribution in [0.25, 0.3) is 16.6 Å². The lowest BCUT2D eigenvalue weighted by molar-refractivity contribution is 0.411. The molecule has 1 fully saturated rings. The second-order valence-corrected chi connectivity index (χ2v) is 8.59. The van der Waals surface area contributed by atoms with E-state index in [9.17, 15) is 5.11 Å². The summed E-state index contributed by atoms with van der Waals surface area (Å²) in [5, 5.41) is 20.2. The van der Waals surface area contributed by atoms with Crippen molar-refractivity contribution in [1.29, 1.82) is 5.41 Å². The number of aromatic amines is 1. The molecule has 2 aromatic carbocycles. The van der Waals surface area contributed by atoms with E-state index in [1.54, 1.807) is 23.1 Å². The highest BCUT2D eigenvalue weighted by atomic mass is 35.5. The maximum Gasteiger partial charge on any atom is 0.145 e. The third-order valence-electron chi connectivity index (χ3n) is 5.69. The van der Waals surface area contributed by atoms with Gasteiger partial charge in [0, 0.05) is 34.5 Å². The van der Waals surface area contributed by atoms with Crippen LogP contribution in [0.5, 0.6) is 0 Å². The average Bonchev–Trinajstić information content (AvgIpc) is 3.27. The minimum Gasteiger partial charge on any atom is -0.509 e. The number of fused-ring (bicyclic) bond motifs is 1. The van der Waals surface area contributed by atoms with E-state index in [0.717, 1.165) is 24.1 Å². The van der Waals surface area contributed by atoms with Crippen molar-refractivity contribution in [3.05, 3.63) is 58.0 Å². The second kappa shape index (κ2) is 7.52. The highest BCUT2D eigenvalue weighted by Gasteiger charge is 2.31. The first kappa shape index (κ1) is 19.3. The molecule has 1 saturated heterocycles. The summed E-state index contributed by atoms with van der Waals surface area (Å²) >= 11 is 12.2. The van der Waals surface area contributed by atoms with Crippen molar-refractivity contribution in [2.24, 2.45) is 0 Å². The maximum atomic E-state index is 10.6. The van der Waals surface area contributed by atoms with Gasteiger partial charge in [0.05, 0.1) is 23.2 Å². The Hall–Kier alpha value is -2.70. The van der Waals surface area contributed by atoms with Crippen molar-refractivity contribution < 1.29 is 5.11 Å². The van der Waals surface area contributed by atoms with Crippen LogP contribution in [0.3, 0.4) is 0 Å². The number of anilines is 2. The van der Waals surface area contributed by atoms with Gasteiger partial charge in [0.1, 0.15) is 17.4 Å². The average molecular weight is 442 g/mol. The highest BCUT2D eigenvalue weighted by Crippen LogP contribution is 2.34. The van der Waals surface area contributed by atoms with Gasteiger partial charge in [-0.2, -0.15) is 0 Å². The molecule has 2 aliphatic rings. The van der Waals surface area contributed by atoms with Gasteiger partial charge in [-0.25, -0.2) is 4.98 Å². The Kier molecular flexibility index (Phi) is 4.83. The molecule has 1 aromatic heterocycles. The number of hydrogen-bond acceptors (Lipinski definition) is 4. The summed E-state index contributed by atoms with van der Waals surface area (Å²) in [6, 6.07) is 11.3. The van der Waals surface area contributed by atoms with Crippen molar-refractivity contribution in [3.8, 4) is 0 Å². The highest BCUT2D eigenvalue weighted by molar-refractivity contribution is 6.36. The number of benzene rings is 2. The second-order valence-electron chi connectivity index (χ2n) is 7.72. The Bertz CT molecular complexity index is 1160. The van der Waals surface area contributed by atoms with Crippen molar-refractivity contribution in [3.63, 3.8) is 0 Å². The van der Waals surface area contributed by atoms with Crippen molar-refractivity contribution >= 4 is 57.0 Å². The molecule has 0 spiro atoms. The lowest BCUT2D eigenvalue weighted by Gasteiger charge is -2.28. The van der Waals surface area contributed by atoms with Crippen molar-refractivity contribution in [2.75, 3.05) is 29.4 Å². The zero-order valence-corrected chi connectivity index (χ0v) is 17.8. The molecule has 30 heavy (non-hydrogen) atoms. The van der Waals surface area contributed by atoms with E-state index < -0.39 is 0 Å². The van der Waals surface area contributed by atoms with Crippen LogP contribution in [0.15, 0.2) is 42.2 Å². The Balaban J connectivity index is 1.47. The number of halogens is 2. The van der Waals surface area contributed by atoms with E-state index in [1.165, 1.54) is 24.9 Å². The lowest BCUT2D eigenvalue weighted by atomic mass is 10.1. The predicted molar refractivity (Wildman–Crippen MR) is 123 cm³/mol. The largest absolute Gasteiger partial charge is 0.509 e. The van der Waals surface area contributed by atoms with Crippen LogP contribution in [-0.2, 0) is 0 Å². The molecule has 0 bridgehead atoms. The van der Waals surface area contributed by atoms with E-state index in [4.69, 9.17) is 28.6 Å². The molecule has 2 aliphatic heterocycles. The summed E-state index contributed by atoms with van der Waals surface area (Å²) in [6.07, 6.45) is 3.72. The first-order valence-corrected chi connectivity index (χ1v) is 10.7. The Labute approximate surface area is 184 Å². The Morgan fingerprint density at radius 3 is 2.43 bits per heavy atom. The van der Waals surface area contributed by atoms with Gasteiger partial charge in [0.2, 0.25) is 0 Å². The molecule has 6 nitrogen and oxygen atoms in total. The minimum atomic E-state index is 0.0893. The molecular weight excluding hydrogens is 421 g/mol. The number of hydrogen-bond donors (Lipinski definition) is 3. The Morgan fingerprint density at radius 1 is 0.967 bits per heavy atom. The quantitative estimate of drug-likeness (QED) is 0.492. The predicted octanol–water partition coefficient (Wildman–Crippen LogP) is 5.63. The third-order valence-corrected chi connectivity index (χ3v) is 6.12. The minimum absolute atomic E-state index is 0.0893. The molecule has 0 aliphatic carbocycles. The molecular formula is C22H21Cl2N5O. The van der Waals surface area contributed by atoms with E-state index in [2.05, 4.69) is 27.0 Å². The summed E-state index contributed by atoms with van der Waals surface area (Å²) in [4.78, 5) is 12.0. The molecule has 8 heteroatoms. The van der Waals surface area contributed by atoms with E-state index in [-0.39, 0.29) is 18.1 Å². The fraction of sp³-hybridized carbons (Fsp3) is 0.273. The smallest absolute Gasteiger partial charge is 0.145 e. The summed E-state index contributed by atoms with van der Waals surface area (Å²) in [6.45, 7) is 2.31. The molecule has 0 atom stereocenters. The van der Waals surface area contributed by atoms with Crippen LogP contribution in [0.4, 0.5) is 11.4 Å². The maximum absolute atomic E-state index is 10.6. The summed E-state index contributed by atoms with van der Waals surface area (Å²) in [5.74, 6) is 0.728. The van der Waals surface area contributed by atoms with Gasteiger partial charge in [-0.05, 0) is 55.7 Å². The zero-order valence-electron chi connectivity index (χ0n) is 16.3. The normalized spacial score (nSPS) is 17.5. The monoisotopic (exact) mass is 441 g/mol. The van der Waals surface area contributed by atoms with Crippen LogP contribution in [-0.4, -0.2) is 40.5 Å². The molecule has 5 rings (SSSR count). The first-order valence-electron chi connectivity index (χ1n) is 9.99. The van der Waals surface area contributed by atoms with Crippen LogP contribution in [0.2, 0.25) is 10.0 Å². The number of nitrogens with zero attached hydrogens (tertiary/aromatic N) is 3. The van der Waals surface area contributed by atoms with Gasteiger partial charge in [-0.1, -0.05) is 23.2 Å². The molecule has 3 heterocycles. The summed E-state index contributed by atoms with van der Waals surface area (Å²) in [5.41, 5.74) is 3.92. The number of nitrogens with one attached hydrogen (secondary N) is 2. The molecule has 0 saturated carbocycles. The molecule has 3 aromatic rings. The van der Waals surface area contributed by atoms with Gasteiger partial charge in [0.15, 0.2) is 0 Å². The number of aliphatic hydroxyl groups is 1. The van der Waals surface area contributed by atoms with Crippen LogP contribution < -0.4 is 9.80 Å². The molecule has 0 unspecified atom stereocenters. The van der Waals surface area contributed by atoms with Gasteiger partial charge in [-0.15, -0.1) is 0 Å². The van der Waals surface area contributed by atoms with E-state index >= 15 is 0 Å². The third kappa shape index (κ3) is 3.40. The van der Waals surface area contributed by atoms with E-state index in [0.29, 0.717) is 27.1 Å². The number of aromatic nitrogens is 2. The van der Waals surface area contributed by atoms with Gasteiger partial charge in [0.25, 0.3) is 0 Å². The summed E-state index contributed by atoms with van der Waals surface area (Å²) < 4.78 is 0. The number of imidazole rings is 1. The first-order chi connectivity index (χ1) is 14.5. The van der Waals surface area contributed by atoms with E-state index in [1.807, 2.05) is 6.07 Å². The van der Waals surface area contributed by atoms with Crippen LogP contribution in [0.1, 0.15) is 25.1 Å². The molecule has 0 amide bonds. The SMILES string of the molecule is N=C1C(c2nc3ccc(N4CCCCC4)cc3[nH]2)=C(O)CN1c1cc(Cl)cc(Cl)c1. The van der Waals surface area contributed by atoms with Gasteiger partial charge >= 0.3 is 0 Å². The number of rotatable bonds is 3. The molecule has 154 valence electrons. The molecule has 0 radical (unpaired) electrons. The number of piperidine rings is 1. The zero-order chi connectivity index (χ0) is 20.8. The van der Waals surface area contributed by atoms with Crippen molar-refractivity contribution in [2.45, 2.75) is 19.3 Å². The van der Waals surface area contributed by atoms with Gasteiger partial charge in [-0.3, -0.25) is 5.41 Å². The fourth-order valence-electron chi connectivity index (χ4n) is 4.21. The number of aliphatic hydroxyl groups excluding tert-OH is 1. The number of H-pyrrole nitrogens is 1. The van der Waals surface area contributed by atoms with Crippen molar-refractivity contribution in [1.82, 2.24) is 9.97 Å². The topological polar surface area (TPSA) is 79.2 Å². The summed E-state index contributed by atoms with van der Waals surface area (Å²) in [7, 11) is 0.